The fraction of sp³-hybridized carbons (Fsp3) is 0.412. The van der Waals surface area contributed by atoms with Crippen LogP contribution in [0.2, 0.25) is 0 Å². The summed E-state index contributed by atoms with van der Waals surface area (Å²) in [7, 11) is 0. The number of amides is 2. The maximum Gasteiger partial charge on any atom is 0.410 e. The average molecular weight is 361 g/mol. The Bertz CT molecular complexity index is 841. The molecule has 8 heteroatoms. The van der Waals surface area contributed by atoms with Crippen LogP contribution in [0, 0.1) is 6.92 Å². The Morgan fingerprint density at radius 1 is 1.44 bits per heavy atom. The minimum Gasteiger partial charge on any atom is -0.462 e. The zero-order valence-electron chi connectivity index (χ0n) is 14.0. The molecular weight excluding hydrogens is 342 g/mol. The molecule has 2 amide bonds. The number of thiophene rings is 1. The standard InChI is InChI=1S/C17H19N3O4S/c1-3-23-17(22)20-7-6-10-12(8-20)25-16-13(10)15(21)18-14(19-16)11-5-4-9(2)24-11/h4-5,14,19H,3,6-8H2,1-2H3,(H,18,21)/t14-/m0/s1. The minimum absolute atomic E-state index is 0.102. The molecule has 0 saturated carbocycles. The van der Waals surface area contributed by atoms with Crippen LogP contribution in [0.4, 0.5) is 9.80 Å². The van der Waals surface area contributed by atoms with Crippen LogP contribution >= 0.6 is 11.3 Å². The van der Waals surface area contributed by atoms with Gasteiger partial charge in [0.1, 0.15) is 16.5 Å². The van der Waals surface area contributed by atoms with Crippen LogP contribution in [0.25, 0.3) is 0 Å². The number of nitrogens with one attached hydrogen (secondary N) is 2. The van der Waals surface area contributed by atoms with E-state index < -0.39 is 0 Å². The van der Waals surface area contributed by atoms with Gasteiger partial charge in [0.25, 0.3) is 5.91 Å². The number of anilines is 1. The molecule has 25 heavy (non-hydrogen) atoms. The minimum atomic E-state index is -0.380. The number of hydrogen-bond acceptors (Lipinski definition) is 6. The van der Waals surface area contributed by atoms with Crippen molar-refractivity contribution in [3.05, 3.63) is 39.7 Å². The van der Waals surface area contributed by atoms with Crippen LogP contribution in [0.1, 0.15) is 45.4 Å². The largest absolute Gasteiger partial charge is 0.462 e. The predicted octanol–water partition coefficient (Wildman–Crippen LogP) is 3.02. The normalized spacial score (nSPS) is 18.9. The molecule has 2 N–H and O–H groups in total. The molecule has 2 aromatic heterocycles. The molecular formula is C17H19N3O4S. The molecule has 0 aromatic carbocycles. The number of aryl methyl sites for hydroxylation is 1. The van der Waals surface area contributed by atoms with Crippen LogP contribution in [0.15, 0.2) is 16.5 Å². The lowest BCUT2D eigenvalue weighted by Crippen LogP contribution is -2.39. The van der Waals surface area contributed by atoms with Gasteiger partial charge in [-0.2, -0.15) is 0 Å². The summed E-state index contributed by atoms with van der Waals surface area (Å²) in [6, 6.07) is 3.73. The molecule has 0 unspecified atom stereocenters. The van der Waals surface area contributed by atoms with Crippen LogP contribution in [0.5, 0.6) is 0 Å². The number of carbonyl (C=O) groups is 2. The smallest absolute Gasteiger partial charge is 0.410 e. The number of carbonyl (C=O) groups excluding carboxylic acids is 2. The van der Waals surface area contributed by atoms with E-state index in [1.54, 1.807) is 11.8 Å². The molecule has 0 saturated heterocycles. The first kappa shape index (κ1) is 16.0. The molecule has 132 valence electrons. The molecule has 0 fully saturated rings. The molecule has 2 aromatic rings. The van der Waals surface area contributed by atoms with Crippen molar-refractivity contribution in [2.45, 2.75) is 33.0 Å². The molecule has 0 aliphatic carbocycles. The van der Waals surface area contributed by atoms with Gasteiger partial charge in [-0.05, 0) is 38.0 Å². The van der Waals surface area contributed by atoms with Crippen molar-refractivity contribution in [2.75, 3.05) is 18.5 Å². The fourth-order valence-corrected chi connectivity index (χ4v) is 4.53. The Hall–Kier alpha value is -2.48. The van der Waals surface area contributed by atoms with Crippen molar-refractivity contribution >= 4 is 28.3 Å². The van der Waals surface area contributed by atoms with E-state index in [2.05, 4.69) is 10.6 Å². The zero-order chi connectivity index (χ0) is 17.6. The SMILES string of the molecule is CCOC(=O)N1CCc2c(sc3c2C(=O)N[C@H](c2ccc(C)o2)N3)C1. The Morgan fingerprint density at radius 2 is 2.28 bits per heavy atom. The van der Waals surface area contributed by atoms with Gasteiger partial charge in [0.2, 0.25) is 0 Å². The summed E-state index contributed by atoms with van der Waals surface area (Å²) in [4.78, 5) is 27.3. The number of rotatable bonds is 2. The molecule has 0 spiro atoms. The van der Waals surface area contributed by atoms with E-state index in [9.17, 15) is 9.59 Å². The van der Waals surface area contributed by atoms with Gasteiger partial charge in [-0.1, -0.05) is 0 Å². The van der Waals surface area contributed by atoms with Crippen LogP contribution in [-0.4, -0.2) is 30.1 Å². The van der Waals surface area contributed by atoms with Crippen molar-refractivity contribution in [2.24, 2.45) is 0 Å². The second kappa shape index (κ2) is 6.11. The van der Waals surface area contributed by atoms with Crippen molar-refractivity contribution in [1.82, 2.24) is 10.2 Å². The highest BCUT2D eigenvalue weighted by Gasteiger charge is 2.35. The van der Waals surface area contributed by atoms with Gasteiger partial charge in [-0.25, -0.2) is 4.79 Å². The Morgan fingerprint density at radius 3 is 3.00 bits per heavy atom. The molecule has 4 heterocycles. The third kappa shape index (κ3) is 2.76. The van der Waals surface area contributed by atoms with Gasteiger partial charge >= 0.3 is 6.09 Å². The van der Waals surface area contributed by atoms with Gasteiger partial charge in [-0.3, -0.25) is 4.79 Å². The average Bonchev–Trinajstić information content (AvgIpc) is 3.17. The Labute approximate surface area is 148 Å². The predicted molar refractivity (Wildman–Crippen MR) is 92.7 cm³/mol. The number of fused-ring (bicyclic) bond motifs is 3. The summed E-state index contributed by atoms with van der Waals surface area (Å²) < 4.78 is 10.7. The lowest BCUT2D eigenvalue weighted by atomic mass is 10.0. The highest BCUT2D eigenvalue weighted by atomic mass is 32.1. The van der Waals surface area contributed by atoms with E-state index >= 15 is 0 Å². The van der Waals surface area contributed by atoms with Crippen molar-refractivity contribution < 1.29 is 18.7 Å². The van der Waals surface area contributed by atoms with Crippen molar-refractivity contribution in [1.29, 1.82) is 0 Å². The molecule has 0 radical (unpaired) electrons. The van der Waals surface area contributed by atoms with Gasteiger partial charge in [-0.15, -0.1) is 11.3 Å². The van der Waals surface area contributed by atoms with Crippen LogP contribution in [0.3, 0.4) is 0 Å². The first-order valence-electron chi connectivity index (χ1n) is 8.26. The lowest BCUT2D eigenvalue weighted by molar-refractivity contribution is 0.0929. The molecule has 2 aliphatic heterocycles. The first-order valence-corrected chi connectivity index (χ1v) is 9.08. The van der Waals surface area contributed by atoms with Crippen LogP contribution in [-0.2, 0) is 17.7 Å². The summed E-state index contributed by atoms with van der Waals surface area (Å²) >= 11 is 1.52. The van der Waals surface area contributed by atoms with Gasteiger partial charge in [0.05, 0.1) is 18.7 Å². The van der Waals surface area contributed by atoms with E-state index in [1.807, 2.05) is 19.1 Å². The molecule has 4 rings (SSSR count). The van der Waals surface area contributed by atoms with E-state index in [4.69, 9.17) is 9.15 Å². The quantitative estimate of drug-likeness (QED) is 0.859. The summed E-state index contributed by atoms with van der Waals surface area (Å²) in [5, 5.41) is 7.12. The van der Waals surface area contributed by atoms with Crippen molar-refractivity contribution in [3.8, 4) is 0 Å². The van der Waals surface area contributed by atoms with Gasteiger partial charge in [0.15, 0.2) is 6.17 Å². The Balaban J connectivity index is 1.60. The molecule has 0 bridgehead atoms. The number of furan rings is 1. The first-order chi connectivity index (χ1) is 12.1. The van der Waals surface area contributed by atoms with E-state index in [0.29, 0.717) is 37.4 Å². The van der Waals surface area contributed by atoms with Crippen molar-refractivity contribution in [3.63, 3.8) is 0 Å². The zero-order valence-corrected chi connectivity index (χ0v) is 14.9. The fourth-order valence-electron chi connectivity index (χ4n) is 3.24. The number of ether oxygens (including phenoxy) is 1. The van der Waals surface area contributed by atoms with E-state index in [-0.39, 0.29) is 18.2 Å². The summed E-state index contributed by atoms with van der Waals surface area (Å²) in [5.41, 5.74) is 1.72. The van der Waals surface area contributed by atoms with Crippen LogP contribution < -0.4 is 10.6 Å². The van der Waals surface area contributed by atoms with E-state index in [1.165, 1.54) is 11.3 Å². The summed E-state index contributed by atoms with van der Waals surface area (Å²) in [5.74, 6) is 1.37. The highest BCUT2D eigenvalue weighted by Crippen LogP contribution is 2.40. The van der Waals surface area contributed by atoms with Gasteiger partial charge < -0.3 is 24.7 Å². The second-order valence-corrected chi connectivity index (χ2v) is 7.18. The molecule has 7 nitrogen and oxygen atoms in total. The lowest BCUT2D eigenvalue weighted by Gasteiger charge is -2.27. The second-order valence-electron chi connectivity index (χ2n) is 6.08. The maximum absolute atomic E-state index is 12.6. The molecule has 1 atom stereocenters. The summed E-state index contributed by atoms with van der Waals surface area (Å²) in [6.07, 6.45) is -0.0320. The number of hydrogen-bond donors (Lipinski definition) is 2. The summed E-state index contributed by atoms with van der Waals surface area (Å²) in [6.45, 7) is 5.06. The number of nitrogens with zero attached hydrogens (tertiary/aromatic N) is 1. The maximum atomic E-state index is 12.6. The third-order valence-corrected chi connectivity index (χ3v) is 5.55. The van der Waals surface area contributed by atoms with Gasteiger partial charge in [0, 0.05) is 11.4 Å². The molecule has 2 aliphatic rings. The third-order valence-electron chi connectivity index (χ3n) is 4.41. The van der Waals surface area contributed by atoms with E-state index in [0.717, 1.165) is 21.2 Å². The highest BCUT2D eigenvalue weighted by molar-refractivity contribution is 7.16. The monoisotopic (exact) mass is 361 g/mol. The topological polar surface area (TPSA) is 83.8 Å². The Kier molecular flexibility index (Phi) is 3.91.